The maximum absolute atomic E-state index is 8.10. The molecule has 5 rings (SSSR count). The van der Waals surface area contributed by atoms with E-state index in [2.05, 4.69) is 19.9 Å². The minimum atomic E-state index is -3.00. The Balaban J connectivity index is 1.80. The largest absolute Gasteiger partial charge is 0.378 e. The molecule has 1 fully saturated rings. The molecule has 0 unspecified atom stereocenters. The van der Waals surface area contributed by atoms with Crippen LogP contribution in [0.3, 0.4) is 0 Å². The Kier molecular flexibility index (Phi) is 2.77. The normalized spacial score (nSPS) is 23.1. The zero-order valence-corrected chi connectivity index (χ0v) is 15.3. The van der Waals surface area contributed by atoms with Crippen LogP contribution in [0.1, 0.15) is 33.6 Å². The smallest absolute Gasteiger partial charge is 0.167 e. The second kappa shape index (κ2) is 6.46. The molecule has 0 saturated carbocycles. The molecule has 0 amide bonds. The lowest BCUT2D eigenvalue weighted by atomic mass is 10.1. The number of aromatic nitrogens is 6. The summed E-state index contributed by atoms with van der Waals surface area (Å²) in [7, 11) is 0. The Hall–Kier alpha value is -2.65. The van der Waals surface area contributed by atoms with Crippen molar-refractivity contribution >= 4 is 17.0 Å². The summed E-state index contributed by atoms with van der Waals surface area (Å²) in [5.41, 5.74) is -1.36. The molecule has 0 spiro atoms. The number of fused-ring (bicyclic) bond motifs is 3. The third kappa shape index (κ3) is 2.82. The topological polar surface area (TPSA) is 91.1 Å². The summed E-state index contributed by atoms with van der Waals surface area (Å²) >= 11 is 0. The van der Waals surface area contributed by atoms with E-state index in [9.17, 15) is 0 Å². The van der Waals surface area contributed by atoms with Gasteiger partial charge in [0.05, 0.1) is 25.4 Å². The van der Waals surface area contributed by atoms with Gasteiger partial charge in [-0.25, -0.2) is 24.9 Å². The van der Waals surface area contributed by atoms with Gasteiger partial charge < -0.3 is 18.9 Å². The molecule has 0 aliphatic carbocycles. The van der Waals surface area contributed by atoms with Crippen LogP contribution in [0.15, 0.2) is 12.4 Å². The Bertz CT molecular complexity index is 1210. The molecule has 28 heavy (non-hydrogen) atoms. The van der Waals surface area contributed by atoms with Crippen LogP contribution < -0.4 is 4.90 Å². The van der Waals surface area contributed by atoms with Crippen molar-refractivity contribution in [2.45, 2.75) is 32.8 Å². The van der Waals surface area contributed by atoms with Gasteiger partial charge in [0.2, 0.25) is 0 Å². The molecule has 0 bridgehead atoms. The third-order valence-corrected chi connectivity index (χ3v) is 4.87. The van der Waals surface area contributed by atoms with E-state index >= 15 is 0 Å². The van der Waals surface area contributed by atoms with Gasteiger partial charge in [0, 0.05) is 40.3 Å². The summed E-state index contributed by atoms with van der Waals surface area (Å²) in [6.45, 7) is -2.10. The fourth-order valence-electron chi connectivity index (χ4n) is 3.45. The second-order valence-electron chi connectivity index (χ2n) is 6.78. The first kappa shape index (κ1) is 12.0. The molecule has 9 nitrogen and oxygen atoms in total. The van der Waals surface area contributed by atoms with Crippen molar-refractivity contribution in [3.63, 3.8) is 0 Å². The highest BCUT2D eigenvalue weighted by molar-refractivity contribution is 5.86. The summed E-state index contributed by atoms with van der Waals surface area (Å²) in [5, 5.41) is 0. The minimum Gasteiger partial charge on any atom is -0.378 e. The van der Waals surface area contributed by atoms with Crippen molar-refractivity contribution in [1.82, 2.24) is 29.5 Å². The molecule has 3 aromatic rings. The summed E-state index contributed by atoms with van der Waals surface area (Å²) in [5.74, 6) is 1.19. The SMILES string of the molecule is [2H]C([2H])([2H])C1(C([2H])([2H])[2H])OCCn2c1nc1c(N3CCOCC3)nc(-c3cnc(C)nc3)nc12. The van der Waals surface area contributed by atoms with Gasteiger partial charge in [0.15, 0.2) is 22.8 Å². The van der Waals surface area contributed by atoms with Gasteiger partial charge in [0.1, 0.15) is 17.2 Å². The average Bonchev–Trinajstić information content (AvgIpc) is 3.17. The van der Waals surface area contributed by atoms with E-state index < -0.39 is 19.3 Å². The number of ether oxygens (including phenoxy) is 2. The van der Waals surface area contributed by atoms with Gasteiger partial charge in [-0.2, -0.15) is 0 Å². The first-order valence-electron chi connectivity index (χ1n) is 12.1. The van der Waals surface area contributed by atoms with Crippen LogP contribution in [0.4, 0.5) is 5.82 Å². The number of imidazole rings is 1. The lowest BCUT2D eigenvalue weighted by Crippen LogP contribution is -2.37. The average molecular weight is 387 g/mol. The summed E-state index contributed by atoms with van der Waals surface area (Å²) < 4.78 is 61.1. The molecule has 2 aliphatic heterocycles. The van der Waals surface area contributed by atoms with E-state index in [1.807, 2.05) is 4.90 Å². The molecule has 0 aromatic carbocycles. The first-order valence-corrected chi connectivity index (χ1v) is 9.07. The van der Waals surface area contributed by atoms with Gasteiger partial charge in [0.25, 0.3) is 0 Å². The number of nitrogens with zero attached hydrogens (tertiary/aromatic N) is 7. The van der Waals surface area contributed by atoms with Crippen molar-refractivity contribution in [3.8, 4) is 11.4 Å². The molecule has 0 radical (unpaired) electrons. The molecular formula is C19H23N7O2. The summed E-state index contributed by atoms with van der Waals surface area (Å²) in [6.07, 6.45) is 3.22. The molecule has 0 atom stereocenters. The molecule has 2 aliphatic rings. The Morgan fingerprint density at radius 1 is 1.04 bits per heavy atom. The molecule has 9 heteroatoms. The molecule has 1 saturated heterocycles. The maximum Gasteiger partial charge on any atom is 0.167 e. The highest BCUT2D eigenvalue weighted by Gasteiger charge is 2.34. The number of anilines is 1. The molecule has 146 valence electrons. The highest BCUT2D eigenvalue weighted by Crippen LogP contribution is 2.34. The number of hydrogen-bond acceptors (Lipinski definition) is 8. The van der Waals surface area contributed by atoms with E-state index in [-0.39, 0.29) is 19.0 Å². The van der Waals surface area contributed by atoms with Crippen LogP contribution in [0.5, 0.6) is 0 Å². The Labute approximate surface area is 171 Å². The minimum absolute atomic E-state index is 0.116. The van der Waals surface area contributed by atoms with Crippen LogP contribution in [0, 0.1) is 6.92 Å². The predicted octanol–water partition coefficient (Wildman–Crippen LogP) is 1.69. The van der Waals surface area contributed by atoms with Gasteiger partial charge in [-0.3, -0.25) is 0 Å². The first-order chi connectivity index (χ1) is 16.0. The molecule has 0 N–H and O–H groups in total. The highest BCUT2D eigenvalue weighted by atomic mass is 16.5. The fourth-order valence-corrected chi connectivity index (χ4v) is 3.45. The fraction of sp³-hybridized carbons (Fsp3) is 0.526. The maximum atomic E-state index is 8.10. The second-order valence-corrected chi connectivity index (χ2v) is 6.78. The summed E-state index contributed by atoms with van der Waals surface area (Å²) in [6, 6.07) is 0. The zero-order valence-electron chi connectivity index (χ0n) is 21.3. The zero-order chi connectivity index (χ0) is 24.3. The lowest BCUT2D eigenvalue weighted by Gasteiger charge is -2.30. The number of hydrogen-bond donors (Lipinski definition) is 0. The predicted molar refractivity (Wildman–Crippen MR) is 103 cm³/mol. The van der Waals surface area contributed by atoms with Gasteiger partial charge in [-0.1, -0.05) is 0 Å². The van der Waals surface area contributed by atoms with Crippen LogP contribution in [0.2, 0.25) is 0 Å². The quantitative estimate of drug-likeness (QED) is 0.656. The number of aryl methyl sites for hydroxylation is 1. The number of morpholine rings is 1. The Morgan fingerprint density at radius 2 is 1.82 bits per heavy atom. The van der Waals surface area contributed by atoms with Crippen molar-refractivity contribution in [2.75, 3.05) is 37.8 Å². The molecule has 3 aromatic heterocycles. The van der Waals surface area contributed by atoms with E-state index in [1.165, 1.54) is 4.57 Å². The van der Waals surface area contributed by atoms with E-state index in [0.29, 0.717) is 60.5 Å². The molecular weight excluding hydrogens is 358 g/mol. The standard InChI is InChI=1S/C19H23N7O2/c1-12-20-10-13(11-21-12)15-23-16(25-4-7-27-8-5-25)14-17(24-15)26-6-9-28-19(2,3)18(26)22-14/h10-11H,4-9H2,1-3H3/i2D3,3D3. The van der Waals surface area contributed by atoms with Crippen LogP contribution >= 0.6 is 0 Å². The van der Waals surface area contributed by atoms with Crippen LogP contribution in [0.25, 0.3) is 22.6 Å². The van der Waals surface area contributed by atoms with E-state index in [4.69, 9.17) is 22.7 Å². The molecule has 5 heterocycles. The number of rotatable bonds is 2. The van der Waals surface area contributed by atoms with Crippen LogP contribution in [-0.4, -0.2) is 62.4 Å². The monoisotopic (exact) mass is 387 g/mol. The van der Waals surface area contributed by atoms with Crippen molar-refractivity contribution < 1.29 is 17.7 Å². The van der Waals surface area contributed by atoms with Crippen LogP contribution in [-0.2, 0) is 21.6 Å². The summed E-state index contributed by atoms with van der Waals surface area (Å²) in [4.78, 5) is 24.3. The van der Waals surface area contributed by atoms with Gasteiger partial charge in [-0.15, -0.1) is 0 Å². The van der Waals surface area contributed by atoms with Crippen molar-refractivity contribution in [1.29, 1.82) is 0 Å². The Morgan fingerprint density at radius 3 is 2.57 bits per heavy atom. The van der Waals surface area contributed by atoms with Crippen molar-refractivity contribution in [2.24, 2.45) is 0 Å². The van der Waals surface area contributed by atoms with Crippen molar-refractivity contribution in [3.05, 3.63) is 24.0 Å². The van der Waals surface area contributed by atoms with Gasteiger partial charge in [-0.05, 0) is 20.6 Å². The third-order valence-electron chi connectivity index (χ3n) is 4.87. The van der Waals surface area contributed by atoms with Gasteiger partial charge >= 0.3 is 0 Å². The lowest BCUT2D eigenvalue weighted by molar-refractivity contribution is -0.0530. The van der Waals surface area contributed by atoms with E-state index in [0.717, 1.165) is 0 Å². The van der Waals surface area contributed by atoms with E-state index in [1.54, 1.807) is 19.3 Å².